The van der Waals surface area contributed by atoms with Gasteiger partial charge in [-0.15, -0.1) is 0 Å². The third kappa shape index (κ3) is 6.90. The van der Waals surface area contributed by atoms with Gasteiger partial charge in [-0.2, -0.15) is 0 Å². The predicted molar refractivity (Wildman–Crippen MR) is 83.7 cm³/mol. The van der Waals surface area contributed by atoms with E-state index < -0.39 is 0 Å². The summed E-state index contributed by atoms with van der Waals surface area (Å²) >= 11 is 0. The highest BCUT2D eigenvalue weighted by Crippen LogP contribution is 2.11. The van der Waals surface area contributed by atoms with Gasteiger partial charge in [-0.1, -0.05) is 30.2 Å². The van der Waals surface area contributed by atoms with Gasteiger partial charge >= 0.3 is 0 Å². The summed E-state index contributed by atoms with van der Waals surface area (Å²) in [5.41, 5.74) is 1.27. The van der Waals surface area contributed by atoms with Crippen LogP contribution in [0.1, 0.15) is 52.4 Å². The number of hydrogen-bond donors (Lipinski definition) is 0. The molecule has 1 amide bonds. The van der Waals surface area contributed by atoms with Gasteiger partial charge in [0.05, 0.1) is 6.10 Å². The number of rotatable bonds is 1. The van der Waals surface area contributed by atoms with E-state index in [0.717, 1.165) is 38.8 Å². The van der Waals surface area contributed by atoms with Crippen molar-refractivity contribution in [3.8, 4) is 0 Å². The molecule has 0 aromatic rings. The number of carbonyl (C=O) groups excluding carboxylic acids is 1. The Labute approximate surface area is 123 Å². The maximum Gasteiger partial charge on any atom is 0.219 e. The molecule has 0 radical (unpaired) electrons. The number of methoxy groups -OCH3 is 1. The molecule has 0 bridgehead atoms. The highest BCUT2D eigenvalue weighted by Gasteiger charge is 2.09. The molecule has 1 atom stereocenters. The molecule has 0 aliphatic carbocycles. The van der Waals surface area contributed by atoms with Crippen molar-refractivity contribution in [2.75, 3.05) is 20.2 Å². The van der Waals surface area contributed by atoms with E-state index in [1.54, 1.807) is 14.0 Å². The van der Waals surface area contributed by atoms with Crippen LogP contribution in [0.2, 0.25) is 0 Å². The Balaban J connectivity index is 2.64. The van der Waals surface area contributed by atoms with Gasteiger partial charge in [0, 0.05) is 27.1 Å². The normalized spacial score (nSPS) is 27.2. The number of hydrogen-bond acceptors (Lipinski definition) is 2. The van der Waals surface area contributed by atoms with E-state index in [1.165, 1.54) is 18.4 Å². The van der Waals surface area contributed by atoms with Crippen molar-refractivity contribution >= 4 is 5.91 Å². The third-order valence-corrected chi connectivity index (χ3v) is 3.78. The van der Waals surface area contributed by atoms with Crippen molar-refractivity contribution in [1.82, 2.24) is 4.90 Å². The summed E-state index contributed by atoms with van der Waals surface area (Å²) in [5.74, 6) is 0.180. The first-order valence-electron chi connectivity index (χ1n) is 7.74. The van der Waals surface area contributed by atoms with Crippen molar-refractivity contribution in [3.63, 3.8) is 0 Å². The van der Waals surface area contributed by atoms with Crippen molar-refractivity contribution in [2.24, 2.45) is 0 Å². The van der Waals surface area contributed by atoms with Gasteiger partial charge in [0.2, 0.25) is 5.91 Å². The molecule has 1 rings (SSSR count). The second-order valence-electron chi connectivity index (χ2n) is 5.62. The minimum atomic E-state index is 0.180. The van der Waals surface area contributed by atoms with Gasteiger partial charge in [-0.25, -0.2) is 0 Å². The molecule has 114 valence electrons. The highest BCUT2D eigenvalue weighted by atomic mass is 16.5. The molecule has 1 unspecified atom stereocenters. The summed E-state index contributed by atoms with van der Waals surface area (Å²) < 4.78 is 5.47. The lowest BCUT2D eigenvalue weighted by atomic mass is 10.1. The molecule has 0 aromatic heterocycles. The molecular weight excluding hydrogens is 250 g/mol. The molecule has 0 saturated carbocycles. The molecule has 0 aromatic carbocycles. The van der Waals surface area contributed by atoms with Crippen molar-refractivity contribution in [1.29, 1.82) is 0 Å². The second-order valence-corrected chi connectivity index (χ2v) is 5.62. The molecular formula is C17H29NO2. The van der Waals surface area contributed by atoms with Crippen LogP contribution < -0.4 is 0 Å². The smallest absolute Gasteiger partial charge is 0.219 e. The van der Waals surface area contributed by atoms with E-state index in [2.05, 4.69) is 25.2 Å². The van der Waals surface area contributed by atoms with Crippen LogP contribution in [-0.2, 0) is 9.53 Å². The van der Waals surface area contributed by atoms with Gasteiger partial charge in [-0.3, -0.25) is 4.79 Å². The monoisotopic (exact) mass is 279 g/mol. The fourth-order valence-corrected chi connectivity index (χ4v) is 2.49. The first kappa shape index (κ1) is 17.0. The molecule has 0 spiro atoms. The average Bonchev–Trinajstić information content (AvgIpc) is 2.42. The van der Waals surface area contributed by atoms with E-state index in [0.29, 0.717) is 0 Å². The third-order valence-electron chi connectivity index (χ3n) is 3.78. The lowest BCUT2D eigenvalue weighted by Crippen LogP contribution is -2.31. The second kappa shape index (κ2) is 9.76. The number of ether oxygens (including phenoxy) is 1. The topological polar surface area (TPSA) is 29.5 Å². The van der Waals surface area contributed by atoms with E-state index >= 15 is 0 Å². The van der Waals surface area contributed by atoms with Crippen LogP contribution in [-0.4, -0.2) is 37.1 Å². The molecule has 0 saturated heterocycles. The SMILES string of the molecule is COC1/C=C/CCCCCN(C(C)=O)C/C(C)=C\CC1. The van der Waals surface area contributed by atoms with E-state index in [4.69, 9.17) is 4.74 Å². The summed E-state index contributed by atoms with van der Waals surface area (Å²) in [5, 5.41) is 0. The van der Waals surface area contributed by atoms with Crippen LogP contribution >= 0.6 is 0 Å². The maximum absolute atomic E-state index is 11.7. The van der Waals surface area contributed by atoms with E-state index in [9.17, 15) is 4.79 Å². The summed E-state index contributed by atoms with van der Waals surface area (Å²) in [6.45, 7) is 5.42. The highest BCUT2D eigenvalue weighted by molar-refractivity contribution is 5.73. The Morgan fingerprint density at radius 3 is 2.80 bits per heavy atom. The zero-order valence-corrected chi connectivity index (χ0v) is 13.2. The minimum Gasteiger partial charge on any atom is -0.377 e. The van der Waals surface area contributed by atoms with Crippen LogP contribution in [0.25, 0.3) is 0 Å². The van der Waals surface area contributed by atoms with Crippen molar-refractivity contribution in [3.05, 3.63) is 23.8 Å². The number of carbonyl (C=O) groups is 1. The Hall–Kier alpha value is -1.09. The lowest BCUT2D eigenvalue weighted by molar-refractivity contribution is -0.128. The van der Waals surface area contributed by atoms with Crippen LogP contribution in [0.5, 0.6) is 0 Å². The van der Waals surface area contributed by atoms with Gasteiger partial charge in [0.25, 0.3) is 0 Å². The van der Waals surface area contributed by atoms with Crippen LogP contribution in [0.15, 0.2) is 23.8 Å². The van der Waals surface area contributed by atoms with Crippen LogP contribution in [0.3, 0.4) is 0 Å². The summed E-state index contributed by atoms with van der Waals surface area (Å²) in [6.07, 6.45) is 13.4. The molecule has 1 aliphatic rings. The summed E-state index contributed by atoms with van der Waals surface area (Å²) in [7, 11) is 1.77. The van der Waals surface area contributed by atoms with Crippen molar-refractivity contribution < 1.29 is 9.53 Å². The van der Waals surface area contributed by atoms with Gasteiger partial charge in [-0.05, 0) is 39.0 Å². The van der Waals surface area contributed by atoms with Gasteiger partial charge in [0.1, 0.15) is 0 Å². The maximum atomic E-state index is 11.7. The summed E-state index contributed by atoms with van der Waals surface area (Å²) in [4.78, 5) is 13.6. The lowest BCUT2D eigenvalue weighted by Gasteiger charge is -2.22. The summed E-state index contributed by atoms with van der Waals surface area (Å²) in [6, 6.07) is 0. The zero-order valence-electron chi connectivity index (χ0n) is 13.2. The number of allylic oxidation sites excluding steroid dienone is 2. The Morgan fingerprint density at radius 2 is 2.10 bits per heavy atom. The molecule has 0 N–H and O–H groups in total. The quantitative estimate of drug-likeness (QED) is 0.685. The first-order valence-corrected chi connectivity index (χ1v) is 7.74. The standard InChI is InChI=1S/C17H29NO2/c1-15-10-9-12-17(20-3)11-7-5-4-6-8-13-18(14-15)16(2)19/h7,10-11,17H,4-6,8-9,12-14H2,1-3H3/b11-7+,15-10-. The Bertz CT molecular complexity index is 347. The molecule has 1 heterocycles. The molecule has 0 fully saturated rings. The van der Waals surface area contributed by atoms with E-state index in [-0.39, 0.29) is 12.0 Å². The minimum absolute atomic E-state index is 0.180. The Morgan fingerprint density at radius 1 is 1.30 bits per heavy atom. The number of amides is 1. The molecule has 3 heteroatoms. The fourth-order valence-electron chi connectivity index (χ4n) is 2.49. The number of nitrogens with zero attached hydrogens (tertiary/aromatic N) is 1. The molecule has 3 nitrogen and oxygen atoms in total. The predicted octanol–water partition coefficient (Wildman–Crippen LogP) is 3.71. The fraction of sp³-hybridized carbons (Fsp3) is 0.706. The largest absolute Gasteiger partial charge is 0.377 e. The molecule has 20 heavy (non-hydrogen) atoms. The molecule has 1 aliphatic heterocycles. The van der Waals surface area contributed by atoms with Crippen LogP contribution in [0.4, 0.5) is 0 Å². The van der Waals surface area contributed by atoms with E-state index in [1.807, 2.05) is 4.90 Å². The zero-order chi connectivity index (χ0) is 14.8. The van der Waals surface area contributed by atoms with Gasteiger partial charge in [0.15, 0.2) is 0 Å². The van der Waals surface area contributed by atoms with Crippen LogP contribution in [0, 0.1) is 0 Å². The van der Waals surface area contributed by atoms with Gasteiger partial charge < -0.3 is 9.64 Å². The Kier molecular flexibility index (Phi) is 8.28. The average molecular weight is 279 g/mol. The van der Waals surface area contributed by atoms with Crippen molar-refractivity contribution in [2.45, 2.75) is 58.5 Å². The first-order chi connectivity index (χ1) is 9.63.